The van der Waals surface area contributed by atoms with Gasteiger partial charge in [-0.2, -0.15) is 5.10 Å². The molecule has 10 nitrogen and oxygen atoms in total. The van der Waals surface area contributed by atoms with Crippen molar-refractivity contribution in [3.63, 3.8) is 0 Å². The first-order valence-corrected chi connectivity index (χ1v) is 9.54. The number of aryl methyl sites for hydroxylation is 1. The molecule has 2 heterocycles. The van der Waals surface area contributed by atoms with Crippen molar-refractivity contribution in [1.29, 1.82) is 0 Å². The van der Waals surface area contributed by atoms with Crippen LogP contribution in [0.1, 0.15) is 10.4 Å². The summed E-state index contributed by atoms with van der Waals surface area (Å²) in [6.07, 6.45) is 6.89. The summed E-state index contributed by atoms with van der Waals surface area (Å²) in [5.41, 5.74) is 8.45. The zero-order valence-electron chi connectivity index (χ0n) is 17.0. The van der Waals surface area contributed by atoms with Crippen molar-refractivity contribution in [2.24, 2.45) is 7.05 Å². The number of nitrogens with zero attached hydrogens (tertiary/aromatic N) is 4. The molecule has 0 fully saturated rings. The van der Waals surface area contributed by atoms with E-state index in [1.54, 1.807) is 65.7 Å². The minimum absolute atomic E-state index is 0.183. The number of nitrogens with one attached hydrogen (secondary N) is 2. The summed E-state index contributed by atoms with van der Waals surface area (Å²) in [7, 11) is 1.83. The van der Waals surface area contributed by atoms with Gasteiger partial charge in [0.2, 0.25) is 0 Å². The van der Waals surface area contributed by atoms with Crippen molar-refractivity contribution in [1.82, 2.24) is 25.1 Å². The number of para-hydroxylation sites is 1. The van der Waals surface area contributed by atoms with Gasteiger partial charge in [0.05, 0.1) is 11.8 Å². The van der Waals surface area contributed by atoms with E-state index < -0.39 is 11.9 Å². The Morgan fingerprint density at radius 1 is 0.969 bits per heavy atom. The Bertz CT molecular complexity index is 1250. The van der Waals surface area contributed by atoms with E-state index in [1.807, 2.05) is 13.2 Å². The maximum Gasteiger partial charge on any atom is 0.326 e. The predicted octanol–water partition coefficient (Wildman–Crippen LogP) is 3.21. The van der Waals surface area contributed by atoms with Gasteiger partial charge in [0, 0.05) is 48.1 Å². The maximum atomic E-state index is 12.1. The van der Waals surface area contributed by atoms with Gasteiger partial charge in [-0.25, -0.2) is 14.8 Å². The third-order valence-corrected chi connectivity index (χ3v) is 4.42. The maximum absolute atomic E-state index is 12.1. The fraction of sp³-hybridized carbons (Fsp3) is 0.0455. The molecule has 4 rings (SSSR count). The Morgan fingerprint density at radius 2 is 1.69 bits per heavy atom. The number of anilines is 2. The van der Waals surface area contributed by atoms with Crippen LogP contribution in [0.5, 0.6) is 11.8 Å². The topological polar surface area (TPSA) is 137 Å². The number of hydrogen-bond acceptors (Lipinski definition) is 7. The Morgan fingerprint density at radius 3 is 2.34 bits per heavy atom. The van der Waals surface area contributed by atoms with E-state index >= 15 is 0 Å². The van der Waals surface area contributed by atoms with Gasteiger partial charge in [-0.15, -0.1) is 0 Å². The Labute approximate surface area is 183 Å². The molecule has 0 atom stereocenters. The van der Waals surface area contributed by atoms with Crippen LogP contribution in [0.4, 0.5) is 16.2 Å². The van der Waals surface area contributed by atoms with Crippen molar-refractivity contribution in [2.75, 3.05) is 11.1 Å². The number of rotatable bonds is 5. The molecule has 0 spiro atoms. The first kappa shape index (κ1) is 20.5. The van der Waals surface area contributed by atoms with Crippen LogP contribution in [-0.2, 0) is 7.05 Å². The van der Waals surface area contributed by atoms with Crippen LogP contribution in [-0.4, -0.2) is 31.7 Å². The average Bonchev–Trinajstić information content (AvgIpc) is 3.22. The van der Waals surface area contributed by atoms with E-state index in [2.05, 4.69) is 25.7 Å². The fourth-order valence-corrected chi connectivity index (χ4v) is 2.84. The lowest BCUT2D eigenvalue weighted by Crippen LogP contribution is -2.34. The van der Waals surface area contributed by atoms with E-state index in [0.717, 1.165) is 11.1 Å². The van der Waals surface area contributed by atoms with Crippen LogP contribution in [0.25, 0.3) is 11.1 Å². The van der Waals surface area contributed by atoms with Gasteiger partial charge in [-0.1, -0.05) is 12.1 Å². The minimum Gasteiger partial charge on any atom is -0.424 e. The van der Waals surface area contributed by atoms with Gasteiger partial charge < -0.3 is 15.8 Å². The fourth-order valence-electron chi connectivity index (χ4n) is 2.84. The lowest BCUT2D eigenvalue weighted by Gasteiger charge is -2.09. The molecule has 0 unspecified atom stereocenters. The molecule has 4 N–H and O–H groups in total. The molecule has 3 amide bonds. The van der Waals surface area contributed by atoms with Crippen molar-refractivity contribution in [3.8, 4) is 22.9 Å². The molecule has 4 aromatic rings. The van der Waals surface area contributed by atoms with Gasteiger partial charge in [0.25, 0.3) is 5.91 Å². The zero-order chi connectivity index (χ0) is 22.5. The summed E-state index contributed by atoms with van der Waals surface area (Å²) in [6.45, 7) is 0. The van der Waals surface area contributed by atoms with E-state index in [0.29, 0.717) is 11.4 Å². The Hall–Kier alpha value is -4.73. The SMILES string of the molecule is Cn1cc(-c2cnc(Oc3ccc(NC(=O)NC(=O)c4ccccc4N)cc3)nc2)cn1. The number of carbonyl (C=O) groups is 2. The molecule has 0 aliphatic rings. The third-order valence-electron chi connectivity index (χ3n) is 4.42. The molecule has 0 bridgehead atoms. The summed E-state index contributed by atoms with van der Waals surface area (Å²) in [4.78, 5) is 32.6. The van der Waals surface area contributed by atoms with Gasteiger partial charge in [0.1, 0.15) is 5.75 Å². The first-order chi connectivity index (χ1) is 15.5. The largest absolute Gasteiger partial charge is 0.424 e. The van der Waals surface area contributed by atoms with Gasteiger partial charge in [0.15, 0.2) is 0 Å². The van der Waals surface area contributed by atoms with Gasteiger partial charge in [-0.3, -0.25) is 14.8 Å². The predicted molar refractivity (Wildman–Crippen MR) is 118 cm³/mol. The molecule has 160 valence electrons. The highest BCUT2D eigenvalue weighted by Crippen LogP contribution is 2.22. The second-order valence-electron chi connectivity index (χ2n) is 6.78. The van der Waals surface area contributed by atoms with E-state index in [-0.39, 0.29) is 17.3 Å². The first-order valence-electron chi connectivity index (χ1n) is 9.54. The molecule has 10 heteroatoms. The lowest BCUT2D eigenvalue weighted by molar-refractivity contribution is 0.0968. The number of imide groups is 1. The Balaban J connectivity index is 1.33. The smallest absolute Gasteiger partial charge is 0.326 e. The second kappa shape index (κ2) is 8.96. The summed E-state index contributed by atoms with van der Waals surface area (Å²) in [6, 6.07) is 12.5. The number of nitrogen functional groups attached to an aromatic ring is 1. The number of carbonyl (C=O) groups excluding carboxylic acids is 2. The number of benzene rings is 2. The van der Waals surface area contributed by atoms with Crippen LogP contribution < -0.4 is 21.1 Å². The quantitative estimate of drug-likeness (QED) is 0.414. The monoisotopic (exact) mass is 429 g/mol. The Kier molecular flexibility index (Phi) is 5.75. The van der Waals surface area contributed by atoms with Crippen LogP contribution >= 0.6 is 0 Å². The number of aromatic nitrogens is 4. The molecule has 0 aliphatic carbocycles. The van der Waals surface area contributed by atoms with E-state index in [1.165, 1.54) is 6.07 Å². The number of ether oxygens (including phenoxy) is 1. The summed E-state index contributed by atoms with van der Waals surface area (Å²) < 4.78 is 7.33. The summed E-state index contributed by atoms with van der Waals surface area (Å²) in [5, 5.41) is 8.93. The molecule has 0 saturated carbocycles. The van der Waals surface area contributed by atoms with Crippen molar-refractivity contribution in [2.45, 2.75) is 0 Å². The summed E-state index contributed by atoms with van der Waals surface area (Å²) in [5.74, 6) is -0.106. The molecule has 2 aromatic carbocycles. The lowest BCUT2D eigenvalue weighted by atomic mass is 10.2. The normalized spacial score (nSPS) is 10.4. The molecular weight excluding hydrogens is 410 g/mol. The highest BCUT2D eigenvalue weighted by Gasteiger charge is 2.13. The molecule has 32 heavy (non-hydrogen) atoms. The molecule has 0 aliphatic heterocycles. The van der Waals surface area contributed by atoms with Gasteiger partial charge >= 0.3 is 12.0 Å². The highest BCUT2D eigenvalue weighted by atomic mass is 16.5. The molecule has 2 aromatic heterocycles. The third kappa shape index (κ3) is 4.87. The highest BCUT2D eigenvalue weighted by molar-refractivity contribution is 6.10. The molecular formula is C22H19N7O3. The van der Waals surface area contributed by atoms with E-state index in [9.17, 15) is 9.59 Å². The molecule has 0 radical (unpaired) electrons. The number of nitrogens with two attached hydrogens (primary N) is 1. The van der Waals surface area contributed by atoms with Crippen molar-refractivity contribution in [3.05, 3.63) is 78.9 Å². The minimum atomic E-state index is -0.679. The standard InChI is InChI=1S/C22H19N7O3/c1-29-13-15(12-26-29)14-10-24-22(25-11-14)32-17-8-6-16(7-9-17)27-21(31)28-20(30)18-4-2-3-5-19(18)23/h2-13H,23H2,1H3,(H2,27,28,30,31). The van der Waals surface area contributed by atoms with Crippen LogP contribution in [0, 0.1) is 0 Å². The second-order valence-corrected chi connectivity index (χ2v) is 6.78. The van der Waals surface area contributed by atoms with Crippen LogP contribution in [0.2, 0.25) is 0 Å². The number of urea groups is 1. The number of hydrogen-bond donors (Lipinski definition) is 3. The average molecular weight is 429 g/mol. The molecule has 0 saturated heterocycles. The van der Waals surface area contributed by atoms with Crippen LogP contribution in [0.15, 0.2) is 73.3 Å². The number of amides is 3. The van der Waals surface area contributed by atoms with E-state index in [4.69, 9.17) is 10.5 Å². The van der Waals surface area contributed by atoms with Crippen molar-refractivity contribution < 1.29 is 14.3 Å². The van der Waals surface area contributed by atoms with Crippen LogP contribution in [0.3, 0.4) is 0 Å². The zero-order valence-corrected chi connectivity index (χ0v) is 17.0. The van der Waals surface area contributed by atoms with Crippen molar-refractivity contribution >= 4 is 23.3 Å². The summed E-state index contributed by atoms with van der Waals surface area (Å²) >= 11 is 0. The van der Waals surface area contributed by atoms with Gasteiger partial charge in [-0.05, 0) is 36.4 Å².